The molecule has 0 aliphatic carbocycles. The molecule has 1 amide bonds. The number of carbonyl (C=O) groups excluding carboxylic acids is 1. The summed E-state index contributed by atoms with van der Waals surface area (Å²) in [4.78, 5) is 17.7. The first-order valence-electron chi connectivity index (χ1n) is 12.8. The molecule has 4 aromatic rings. The lowest BCUT2D eigenvalue weighted by Gasteiger charge is -2.31. The summed E-state index contributed by atoms with van der Waals surface area (Å²) in [5, 5.41) is 9.56. The molecule has 0 saturated carbocycles. The molecule has 10 heteroatoms. The highest BCUT2D eigenvalue weighted by atomic mass is 32.2. The van der Waals surface area contributed by atoms with Gasteiger partial charge in [-0.05, 0) is 49.2 Å². The largest absolute Gasteiger partial charge is 0.497 e. The molecular formula is C29H28N4O4S2. The first-order valence-corrected chi connectivity index (χ1v) is 14.6. The maximum Gasteiger partial charge on any atom is 0.242 e. The van der Waals surface area contributed by atoms with Gasteiger partial charge >= 0.3 is 0 Å². The molecule has 0 radical (unpaired) electrons. The minimum absolute atomic E-state index is 0.0129. The number of benzene rings is 3. The summed E-state index contributed by atoms with van der Waals surface area (Å²) in [6.07, 6.45) is 2.11. The van der Waals surface area contributed by atoms with E-state index in [9.17, 15) is 4.79 Å². The monoisotopic (exact) mass is 560 g/mol. The maximum absolute atomic E-state index is 13.7. The molecule has 2 aliphatic rings. The number of hydrogen-bond acceptors (Lipinski definition) is 8. The van der Waals surface area contributed by atoms with Gasteiger partial charge in [0.2, 0.25) is 5.91 Å². The molecule has 39 heavy (non-hydrogen) atoms. The van der Waals surface area contributed by atoms with Gasteiger partial charge in [0, 0.05) is 22.5 Å². The molecular weight excluding hydrogens is 532 g/mol. The van der Waals surface area contributed by atoms with Crippen molar-refractivity contribution >= 4 is 40.8 Å². The van der Waals surface area contributed by atoms with Crippen LogP contribution in [0.2, 0.25) is 0 Å². The fourth-order valence-corrected chi connectivity index (χ4v) is 6.58. The van der Waals surface area contributed by atoms with Gasteiger partial charge in [0.1, 0.15) is 18.1 Å². The summed E-state index contributed by atoms with van der Waals surface area (Å²) in [6.45, 7) is 1.62. The van der Waals surface area contributed by atoms with E-state index in [1.54, 1.807) is 18.9 Å². The molecule has 1 saturated heterocycles. The Hall–Kier alpha value is -3.47. The molecule has 0 unspecified atom stereocenters. The first-order chi connectivity index (χ1) is 19.2. The van der Waals surface area contributed by atoms with Crippen LogP contribution in [0.1, 0.15) is 18.7 Å². The Morgan fingerprint density at radius 2 is 1.77 bits per heavy atom. The van der Waals surface area contributed by atoms with Crippen LogP contribution in [0.5, 0.6) is 11.5 Å². The zero-order chi connectivity index (χ0) is 26.6. The van der Waals surface area contributed by atoms with Crippen molar-refractivity contribution in [2.75, 3.05) is 24.4 Å². The average molecular weight is 561 g/mol. The number of nitrogens with zero attached hydrogens (tertiary/aromatic N) is 4. The number of methoxy groups -OCH3 is 1. The molecule has 1 aromatic heterocycles. The maximum atomic E-state index is 13.7. The zero-order valence-electron chi connectivity index (χ0n) is 21.5. The number of aromatic nitrogens is 3. The Bertz CT molecular complexity index is 1430. The van der Waals surface area contributed by atoms with E-state index in [-0.39, 0.29) is 24.4 Å². The summed E-state index contributed by atoms with van der Waals surface area (Å²) in [6, 6.07) is 23.5. The summed E-state index contributed by atoms with van der Waals surface area (Å²) < 4.78 is 19.3. The lowest BCUT2D eigenvalue weighted by atomic mass is 10.2. The SMILES string of the molecule is COc1cccc(OCc2nnc(SCC(=O)N3c4ccccc4Sc4ccccc43)n2C[C@@H]2CCCO2)c1. The van der Waals surface area contributed by atoms with Gasteiger partial charge in [-0.3, -0.25) is 9.69 Å². The minimum Gasteiger partial charge on any atom is -0.497 e. The second-order valence-corrected chi connectivity index (χ2v) is 11.2. The van der Waals surface area contributed by atoms with Crippen LogP contribution < -0.4 is 14.4 Å². The van der Waals surface area contributed by atoms with Crippen LogP contribution in [0, 0.1) is 0 Å². The molecule has 3 heterocycles. The van der Waals surface area contributed by atoms with E-state index in [2.05, 4.69) is 22.3 Å². The van der Waals surface area contributed by atoms with Crippen molar-refractivity contribution in [3.63, 3.8) is 0 Å². The first kappa shape index (κ1) is 25.8. The molecule has 2 aliphatic heterocycles. The van der Waals surface area contributed by atoms with Crippen molar-refractivity contribution in [3.05, 3.63) is 78.6 Å². The number of amides is 1. The standard InChI is InChI=1S/C29H28N4O4S2/c1-35-20-8-6-9-21(16-20)37-18-27-30-31-29(32(27)17-22-10-7-15-36-22)38-19-28(34)33-23-11-2-4-13-25(23)39-26-14-5-3-12-24(26)33/h2-6,8-9,11-14,16,22H,7,10,15,17-19H2,1H3/t22-/m0/s1. The van der Waals surface area contributed by atoms with Crippen LogP contribution in [-0.4, -0.2) is 46.2 Å². The molecule has 3 aromatic carbocycles. The lowest BCUT2D eigenvalue weighted by Crippen LogP contribution is -2.30. The third-order valence-corrected chi connectivity index (χ3v) is 8.70. The highest BCUT2D eigenvalue weighted by molar-refractivity contribution is 8.00. The number of carbonyl (C=O) groups is 1. The van der Waals surface area contributed by atoms with Crippen molar-refractivity contribution in [2.45, 2.75) is 47.0 Å². The predicted molar refractivity (Wildman–Crippen MR) is 151 cm³/mol. The topological polar surface area (TPSA) is 78.7 Å². The van der Waals surface area contributed by atoms with Gasteiger partial charge in [0.05, 0.1) is 36.9 Å². The Morgan fingerprint density at radius 3 is 2.49 bits per heavy atom. The zero-order valence-corrected chi connectivity index (χ0v) is 23.1. The number of ether oxygens (including phenoxy) is 3. The molecule has 0 bridgehead atoms. The van der Waals surface area contributed by atoms with Crippen LogP contribution >= 0.6 is 23.5 Å². The second kappa shape index (κ2) is 11.7. The lowest BCUT2D eigenvalue weighted by molar-refractivity contribution is -0.115. The Kier molecular flexibility index (Phi) is 7.76. The Labute approximate surface area is 235 Å². The predicted octanol–water partition coefficient (Wildman–Crippen LogP) is 5.97. The van der Waals surface area contributed by atoms with Crippen molar-refractivity contribution in [1.82, 2.24) is 14.8 Å². The highest BCUT2D eigenvalue weighted by Crippen LogP contribution is 2.48. The fourth-order valence-electron chi connectivity index (χ4n) is 4.71. The molecule has 200 valence electrons. The van der Waals surface area contributed by atoms with E-state index in [0.717, 1.165) is 46.4 Å². The van der Waals surface area contributed by atoms with E-state index in [1.165, 1.54) is 11.8 Å². The van der Waals surface area contributed by atoms with Gasteiger partial charge in [-0.25, -0.2) is 0 Å². The van der Waals surface area contributed by atoms with Crippen LogP contribution in [-0.2, 0) is 22.7 Å². The summed E-state index contributed by atoms with van der Waals surface area (Å²) in [5.74, 6) is 2.30. The van der Waals surface area contributed by atoms with Crippen LogP contribution in [0.15, 0.2) is 87.7 Å². The third-order valence-electron chi connectivity index (χ3n) is 6.62. The Morgan fingerprint density at radius 1 is 1.03 bits per heavy atom. The number of rotatable bonds is 9. The number of anilines is 2. The minimum atomic E-state index is -0.0129. The number of fused-ring (bicyclic) bond motifs is 2. The van der Waals surface area contributed by atoms with Gasteiger partial charge in [-0.15, -0.1) is 10.2 Å². The van der Waals surface area contributed by atoms with Crippen LogP contribution in [0.25, 0.3) is 0 Å². The van der Waals surface area contributed by atoms with Gasteiger partial charge in [0.15, 0.2) is 11.0 Å². The van der Waals surface area contributed by atoms with E-state index in [4.69, 9.17) is 14.2 Å². The van der Waals surface area contributed by atoms with Gasteiger partial charge < -0.3 is 18.8 Å². The molecule has 6 rings (SSSR count). The number of thioether (sulfide) groups is 1. The van der Waals surface area contributed by atoms with Crippen LogP contribution in [0.4, 0.5) is 11.4 Å². The van der Waals surface area contributed by atoms with Crippen LogP contribution in [0.3, 0.4) is 0 Å². The fraction of sp³-hybridized carbons (Fsp3) is 0.276. The van der Waals surface area contributed by atoms with E-state index in [0.29, 0.717) is 23.3 Å². The van der Waals surface area contributed by atoms with Crippen molar-refractivity contribution in [2.24, 2.45) is 0 Å². The van der Waals surface area contributed by atoms with Crippen molar-refractivity contribution in [1.29, 1.82) is 0 Å². The van der Waals surface area contributed by atoms with Gasteiger partial charge in [-0.1, -0.05) is 53.9 Å². The van der Waals surface area contributed by atoms with Crippen molar-refractivity contribution < 1.29 is 19.0 Å². The van der Waals surface area contributed by atoms with E-state index >= 15 is 0 Å². The second-order valence-electron chi connectivity index (χ2n) is 9.17. The molecule has 0 spiro atoms. The summed E-state index contributed by atoms with van der Waals surface area (Å²) >= 11 is 3.07. The molecule has 8 nitrogen and oxygen atoms in total. The molecule has 1 fully saturated rings. The number of hydrogen-bond donors (Lipinski definition) is 0. The summed E-state index contributed by atoms with van der Waals surface area (Å²) in [5.41, 5.74) is 1.81. The van der Waals surface area contributed by atoms with Crippen molar-refractivity contribution in [3.8, 4) is 11.5 Å². The van der Waals surface area contributed by atoms with E-state index in [1.807, 2.05) is 70.1 Å². The van der Waals surface area contributed by atoms with E-state index < -0.39 is 0 Å². The van der Waals surface area contributed by atoms with Gasteiger partial charge in [0.25, 0.3) is 0 Å². The highest BCUT2D eigenvalue weighted by Gasteiger charge is 2.29. The van der Waals surface area contributed by atoms with Gasteiger partial charge in [-0.2, -0.15) is 0 Å². The average Bonchev–Trinajstić information content (AvgIpc) is 3.63. The molecule has 1 atom stereocenters. The normalized spacial score (nSPS) is 16.0. The third kappa shape index (κ3) is 5.63. The number of para-hydroxylation sites is 2. The molecule has 0 N–H and O–H groups in total. The quantitative estimate of drug-likeness (QED) is 0.232. The Balaban J connectivity index is 1.21. The smallest absolute Gasteiger partial charge is 0.242 e. The summed E-state index contributed by atoms with van der Waals surface area (Å²) in [7, 11) is 1.63.